The Bertz CT molecular complexity index is 692. The van der Waals surface area contributed by atoms with Gasteiger partial charge in [-0.05, 0) is 12.8 Å². The lowest BCUT2D eigenvalue weighted by molar-refractivity contribution is -0.125. The van der Waals surface area contributed by atoms with Gasteiger partial charge >= 0.3 is 0 Å². The number of aliphatic hydroxyl groups excluding tert-OH is 1. The summed E-state index contributed by atoms with van der Waals surface area (Å²) in [6, 6.07) is -0.567. The van der Waals surface area contributed by atoms with Gasteiger partial charge in [-0.2, -0.15) is 0 Å². The Balaban J connectivity index is 1.73. The van der Waals surface area contributed by atoms with Crippen molar-refractivity contribution in [3.8, 4) is 0 Å². The molecule has 0 saturated heterocycles. The zero-order chi connectivity index (χ0) is 18.4. The zero-order valence-corrected chi connectivity index (χ0v) is 15.4. The minimum absolute atomic E-state index is 0.166. The average Bonchev–Trinajstić information content (AvgIpc) is 3.15. The van der Waals surface area contributed by atoms with E-state index in [1.807, 2.05) is 5.38 Å². The van der Waals surface area contributed by atoms with Gasteiger partial charge in [0.1, 0.15) is 0 Å². The third-order valence-electron chi connectivity index (χ3n) is 3.90. The summed E-state index contributed by atoms with van der Waals surface area (Å²) in [4.78, 5) is 28.0. The van der Waals surface area contributed by atoms with Crippen LogP contribution in [0.1, 0.15) is 18.5 Å². The normalized spacial score (nSPS) is 23.4. The number of carbonyl (C=O) groups is 2. The highest BCUT2D eigenvalue weighted by molar-refractivity contribution is 7.88. The molecular weight excluding hydrogens is 368 g/mol. The second-order valence-electron chi connectivity index (χ2n) is 6.02. The van der Waals surface area contributed by atoms with Crippen LogP contribution in [-0.4, -0.2) is 61.8 Å². The van der Waals surface area contributed by atoms with E-state index in [0.29, 0.717) is 19.4 Å². The largest absolute Gasteiger partial charge is 0.391 e. The van der Waals surface area contributed by atoms with Crippen molar-refractivity contribution in [2.75, 3.05) is 19.3 Å². The van der Waals surface area contributed by atoms with Gasteiger partial charge in [0.25, 0.3) is 0 Å². The van der Waals surface area contributed by atoms with Gasteiger partial charge in [-0.3, -0.25) is 9.59 Å². The third-order valence-corrected chi connectivity index (χ3v) is 5.21. The smallest absolute Gasteiger partial charge is 0.235 e. The lowest BCUT2D eigenvalue weighted by Gasteiger charge is -2.16. The topological polar surface area (TPSA) is 137 Å². The zero-order valence-electron chi connectivity index (χ0n) is 13.8. The number of amides is 2. The van der Waals surface area contributed by atoms with Gasteiger partial charge in [0.05, 0.1) is 36.2 Å². The second-order valence-corrected chi connectivity index (χ2v) is 8.58. The van der Waals surface area contributed by atoms with E-state index in [9.17, 15) is 23.1 Å². The molecule has 9 nitrogen and oxygen atoms in total. The average molecular weight is 390 g/mol. The Morgan fingerprint density at radius 3 is 2.80 bits per heavy atom. The summed E-state index contributed by atoms with van der Waals surface area (Å²) < 4.78 is 24.0. The molecule has 0 spiro atoms. The van der Waals surface area contributed by atoms with E-state index in [4.69, 9.17) is 0 Å². The van der Waals surface area contributed by atoms with Crippen LogP contribution in [0.2, 0.25) is 0 Å². The van der Waals surface area contributed by atoms with E-state index in [1.54, 1.807) is 5.51 Å². The van der Waals surface area contributed by atoms with Crippen molar-refractivity contribution in [3.05, 3.63) is 16.6 Å². The first-order valence-corrected chi connectivity index (χ1v) is 10.6. The monoisotopic (exact) mass is 390 g/mol. The quantitative estimate of drug-likeness (QED) is 0.431. The maximum Gasteiger partial charge on any atom is 0.235 e. The highest BCUT2D eigenvalue weighted by atomic mass is 32.2. The maximum atomic E-state index is 12.2. The predicted octanol–water partition coefficient (Wildman–Crippen LogP) is -1.39. The molecule has 1 fully saturated rings. The van der Waals surface area contributed by atoms with Gasteiger partial charge in [-0.25, -0.2) is 18.1 Å². The molecule has 1 aromatic heterocycles. The highest BCUT2D eigenvalue weighted by Gasteiger charge is 2.37. The molecule has 0 bridgehead atoms. The van der Waals surface area contributed by atoms with Crippen molar-refractivity contribution in [3.63, 3.8) is 0 Å². The summed E-state index contributed by atoms with van der Waals surface area (Å²) in [6.07, 6.45) is 1.33. The summed E-state index contributed by atoms with van der Waals surface area (Å²) in [5, 5.41) is 17.3. The molecule has 1 aliphatic carbocycles. The molecular formula is C14H22N4O5S2. The molecule has 1 aliphatic rings. The fraction of sp³-hybridized carbons (Fsp3) is 0.643. The van der Waals surface area contributed by atoms with Gasteiger partial charge in [0.15, 0.2) is 0 Å². The van der Waals surface area contributed by atoms with Crippen LogP contribution < -0.4 is 15.4 Å². The molecule has 140 valence electrons. The van der Waals surface area contributed by atoms with Gasteiger partial charge < -0.3 is 15.7 Å². The number of thiazole rings is 1. The molecule has 0 unspecified atom stereocenters. The number of hydrogen-bond donors (Lipinski definition) is 4. The van der Waals surface area contributed by atoms with Crippen molar-refractivity contribution < 1.29 is 23.1 Å². The molecule has 1 saturated carbocycles. The number of aliphatic hydroxyl groups is 1. The minimum Gasteiger partial charge on any atom is -0.391 e. The van der Waals surface area contributed by atoms with E-state index in [1.165, 1.54) is 11.3 Å². The van der Waals surface area contributed by atoms with Crippen LogP contribution in [0.4, 0.5) is 0 Å². The molecule has 1 heterocycles. The highest BCUT2D eigenvalue weighted by Crippen LogP contribution is 2.26. The van der Waals surface area contributed by atoms with Gasteiger partial charge in [-0.1, -0.05) is 0 Å². The Kier molecular flexibility index (Phi) is 6.87. The summed E-state index contributed by atoms with van der Waals surface area (Å²) >= 11 is 1.50. The molecule has 4 N–H and O–H groups in total. The number of aromatic nitrogens is 1. The van der Waals surface area contributed by atoms with Crippen LogP contribution in [0.15, 0.2) is 10.9 Å². The number of nitrogens with one attached hydrogen (secondary N) is 3. The number of carbonyl (C=O) groups excluding carboxylic acids is 2. The molecule has 0 aliphatic heterocycles. The molecule has 25 heavy (non-hydrogen) atoms. The van der Waals surface area contributed by atoms with E-state index in [0.717, 1.165) is 11.9 Å². The Morgan fingerprint density at radius 2 is 2.16 bits per heavy atom. The molecule has 1 aromatic rings. The van der Waals surface area contributed by atoms with Gasteiger partial charge in [-0.15, -0.1) is 11.3 Å². The lowest BCUT2D eigenvalue weighted by Crippen LogP contribution is -2.44. The Morgan fingerprint density at radius 1 is 1.40 bits per heavy atom. The van der Waals surface area contributed by atoms with Crippen LogP contribution in [0.5, 0.6) is 0 Å². The maximum absolute atomic E-state index is 12.2. The first-order chi connectivity index (χ1) is 11.7. The molecule has 2 rings (SSSR count). The fourth-order valence-electron chi connectivity index (χ4n) is 2.66. The van der Waals surface area contributed by atoms with Crippen molar-refractivity contribution >= 4 is 33.2 Å². The van der Waals surface area contributed by atoms with Crippen LogP contribution in [0, 0.1) is 5.92 Å². The number of rotatable bonds is 8. The number of hydrogen-bond acceptors (Lipinski definition) is 7. The summed E-state index contributed by atoms with van der Waals surface area (Å²) in [6.45, 7) is 0.0665. The van der Waals surface area contributed by atoms with Gasteiger partial charge in [0.2, 0.25) is 21.8 Å². The van der Waals surface area contributed by atoms with E-state index in [2.05, 4.69) is 20.3 Å². The first-order valence-electron chi connectivity index (χ1n) is 7.81. The lowest BCUT2D eigenvalue weighted by atomic mass is 10.1. The van der Waals surface area contributed by atoms with Crippen LogP contribution >= 0.6 is 11.3 Å². The Hall–Kier alpha value is -1.56. The van der Waals surface area contributed by atoms with Crippen molar-refractivity contribution in [1.29, 1.82) is 0 Å². The van der Waals surface area contributed by atoms with Crippen LogP contribution in [-0.2, 0) is 26.0 Å². The minimum atomic E-state index is -3.46. The number of sulfonamides is 1. The van der Waals surface area contributed by atoms with Crippen molar-refractivity contribution in [2.45, 2.75) is 31.4 Å². The Labute approximate surface area is 150 Å². The third kappa shape index (κ3) is 6.69. The summed E-state index contributed by atoms with van der Waals surface area (Å²) in [5.41, 5.74) is 2.65. The SMILES string of the molecule is CS(=O)(=O)NCC(=O)N[C@H]1C[C@H](C(=O)NCCc2cscn2)C[C@@H]1O. The molecule has 0 aromatic carbocycles. The standard InChI is InChI=1S/C14H22N4O5S2/c1-25(22,23)17-6-13(20)18-11-4-9(5-12(11)19)14(21)15-3-2-10-7-24-8-16-10/h7-9,11-12,17,19H,2-6H2,1H3,(H,15,21)(H,18,20)/t9-,11-,12-/m0/s1. The van der Waals surface area contributed by atoms with Crippen LogP contribution in [0.25, 0.3) is 0 Å². The van der Waals surface area contributed by atoms with Crippen molar-refractivity contribution in [1.82, 2.24) is 20.3 Å². The van der Waals surface area contributed by atoms with E-state index < -0.39 is 40.5 Å². The van der Waals surface area contributed by atoms with E-state index in [-0.39, 0.29) is 12.3 Å². The van der Waals surface area contributed by atoms with Crippen LogP contribution in [0.3, 0.4) is 0 Å². The molecule has 2 amide bonds. The summed E-state index contributed by atoms with van der Waals surface area (Å²) in [5.74, 6) is -1.10. The molecule has 11 heteroatoms. The summed E-state index contributed by atoms with van der Waals surface area (Å²) in [7, 11) is -3.46. The molecule has 3 atom stereocenters. The van der Waals surface area contributed by atoms with E-state index >= 15 is 0 Å². The second kappa shape index (κ2) is 8.70. The first kappa shape index (κ1) is 19.8. The van der Waals surface area contributed by atoms with Gasteiger partial charge in [0, 0.05) is 24.3 Å². The van der Waals surface area contributed by atoms with Crippen molar-refractivity contribution in [2.24, 2.45) is 5.92 Å². The molecule has 0 radical (unpaired) electrons. The number of nitrogens with zero attached hydrogens (tertiary/aromatic N) is 1. The fourth-order valence-corrected chi connectivity index (χ4v) is 3.64. The predicted molar refractivity (Wildman–Crippen MR) is 92.3 cm³/mol.